The van der Waals surface area contributed by atoms with Gasteiger partial charge in [0, 0.05) is 0 Å². The molecule has 4 heteroatoms. The van der Waals surface area contributed by atoms with Gasteiger partial charge >= 0.3 is 0 Å². The Bertz CT molecular complexity index is 836. The van der Waals surface area contributed by atoms with Gasteiger partial charge in [0.1, 0.15) is 5.75 Å². The van der Waals surface area contributed by atoms with E-state index in [1.807, 2.05) is 61.5 Å². The molecule has 0 aromatic heterocycles. The molecule has 0 bridgehead atoms. The van der Waals surface area contributed by atoms with Crippen LogP contribution in [0.2, 0.25) is 0 Å². The number of rotatable bonds is 7. The summed E-state index contributed by atoms with van der Waals surface area (Å²) >= 11 is 0. The lowest BCUT2D eigenvalue weighted by molar-refractivity contribution is 0.294. The zero-order valence-corrected chi connectivity index (χ0v) is 16.7. The monoisotopic (exact) mass is 365 g/mol. The quantitative estimate of drug-likeness (QED) is 0.271. The topological polar surface area (TPSA) is 40.0 Å². The Morgan fingerprint density at radius 3 is 2.33 bits per heavy atom. The van der Waals surface area contributed by atoms with Crippen LogP contribution in [0.4, 0.5) is 5.69 Å². The van der Waals surface area contributed by atoms with Crippen molar-refractivity contribution in [3.05, 3.63) is 77.6 Å². The molecule has 0 radical (unpaired) electrons. The number of nitrogens with zero attached hydrogens (tertiary/aromatic N) is 1. The van der Waals surface area contributed by atoms with Crippen molar-refractivity contribution in [1.82, 2.24) is 0 Å². The summed E-state index contributed by atoms with van der Waals surface area (Å²) in [6.45, 7) is 4.04. The highest BCUT2D eigenvalue weighted by Gasteiger charge is 2.13. The van der Waals surface area contributed by atoms with Crippen LogP contribution in [0.5, 0.6) is 5.75 Å². The summed E-state index contributed by atoms with van der Waals surface area (Å²) < 4.78 is 16.5. The van der Waals surface area contributed by atoms with E-state index in [9.17, 15) is 0 Å². The lowest BCUT2D eigenvalue weighted by Gasteiger charge is -2.13. The molecule has 142 valence electrons. The van der Waals surface area contributed by atoms with Crippen LogP contribution in [-0.4, -0.2) is 27.2 Å². The Balaban J connectivity index is 2.49. The van der Waals surface area contributed by atoms with Crippen molar-refractivity contribution < 1.29 is 14.2 Å². The summed E-state index contributed by atoms with van der Waals surface area (Å²) in [5.74, 6) is 2.06. The number of allylic oxidation sites excluding steroid dienone is 4. The Kier molecular flexibility index (Phi) is 7.68. The summed E-state index contributed by atoms with van der Waals surface area (Å²) in [5, 5.41) is 0. The van der Waals surface area contributed by atoms with E-state index in [1.165, 1.54) is 0 Å². The average molecular weight is 365 g/mol. The van der Waals surface area contributed by atoms with Crippen LogP contribution >= 0.6 is 0 Å². The van der Waals surface area contributed by atoms with Crippen LogP contribution in [0, 0.1) is 0 Å². The number of aliphatic imine (C=N–C) groups is 1. The van der Waals surface area contributed by atoms with Gasteiger partial charge < -0.3 is 14.2 Å². The van der Waals surface area contributed by atoms with Gasteiger partial charge in [-0.05, 0) is 54.8 Å². The van der Waals surface area contributed by atoms with Crippen LogP contribution in [0.15, 0.2) is 71.4 Å². The van der Waals surface area contributed by atoms with Crippen LogP contribution in [0.3, 0.4) is 0 Å². The third-order valence-electron chi connectivity index (χ3n) is 4.05. The van der Waals surface area contributed by atoms with Crippen molar-refractivity contribution in [2.75, 3.05) is 21.3 Å². The summed E-state index contributed by atoms with van der Waals surface area (Å²) in [7, 11) is 4.93. The van der Waals surface area contributed by atoms with E-state index in [2.05, 4.69) is 18.0 Å². The van der Waals surface area contributed by atoms with Gasteiger partial charge in [-0.25, -0.2) is 4.99 Å². The minimum Gasteiger partial charge on any atom is -0.501 e. The summed E-state index contributed by atoms with van der Waals surface area (Å²) in [4.78, 5) is 4.60. The van der Waals surface area contributed by atoms with Gasteiger partial charge in [-0.15, -0.1) is 0 Å². The highest BCUT2D eigenvalue weighted by Crippen LogP contribution is 2.28. The molecule has 0 aliphatic rings. The molecule has 0 aliphatic carbocycles. The number of methoxy groups -OCH3 is 3. The molecule has 4 nitrogen and oxygen atoms in total. The van der Waals surface area contributed by atoms with Crippen molar-refractivity contribution in [1.29, 1.82) is 0 Å². The van der Waals surface area contributed by atoms with E-state index >= 15 is 0 Å². The average Bonchev–Trinajstić information content (AvgIpc) is 2.72. The van der Waals surface area contributed by atoms with Gasteiger partial charge in [-0.1, -0.05) is 37.3 Å². The Morgan fingerprint density at radius 2 is 1.74 bits per heavy atom. The molecule has 0 N–H and O–H groups in total. The maximum Gasteiger partial charge on any atom is 0.224 e. The molecule has 2 aromatic rings. The molecule has 2 aromatic carbocycles. The minimum absolute atomic E-state index is 0.509. The molecule has 0 fully saturated rings. The molecular formula is C23H27NO3. The first kappa shape index (κ1) is 20.3. The van der Waals surface area contributed by atoms with Gasteiger partial charge in [0.15, 0.2) is 0 Å². The van der Waals surface area contributed by atoms with Crippen molar-refractivity contribution >= 4 is 17.2 Å². The van der Waals surface area contributed by atoms with Gasteiger partial charge in [0.2, 0.25) is 5.90 Å². The first-order chi connectivity index (χ1) is 13.1. The molecule has 0 saturated carbocycles. The SMILES string of the molecule is CC/C=C(\C=C(/C)OC)c1ccc(C(=Nc2ccccc2)OC)c(OC)c1. The third-order valence-corrected chi connectivity index (χ3v) is 4.05. The second-order valence-electron chi connectivity index (χ2n) is 5.90. The zero-order valence-electron chi connectivity index (χ0n) is 16.7. The number of para-hydroxylation sites is 1. The lowest BCUT2D eigenvalue weighted by Crippen LogP contribution is -2.06. The maximum atomic E-state index is 5.63. The van der Waals surface area contributed by atoms with Crippen molar-refractivity contribution in [2.24, 2.45) is 4.99 Å². The van der Waals surface area contributed by atoms with E-state index in [-0.39, 0.29) is 0 Å². The Labute approximate surface area is 161 Å². The van der Waals surface area contributed by atoms with E-state index < -0.39 is 0 Å². The number of hydrogen-bond donors (Lipinski definition) is 0. The first-order valence-corrected chi connectivity index (χ1v) is 8.91. The Hall–Kier alpha value is -3.01. The molecule has 0 heterocycles. The standard InChI is InChI=1S/C23H27NO3/c1-6-10-18(15-17(2)25-3)19-13-14-21(22(16-19)26-4)23(27-5)24-20-11-8-7-9-12-20/h7-16H,6H2,1-5H3/b17-15+,18-10+,24-23?. The largest absolute Gasteiger partial charge is 0.501 e. The predicted molar refractivity (Wildman–Crippen MR) is 112 cm³/mol. The fourth-order valence-corrected chi connectivity index (χ4v) is 2.64. The van der Waals surface area contributed by atoms with Crippen LogP contribution in [0.25, 0.3) is 5.57 Å². The van der Waals surface area contributed by atoms with Gasteiger partial charge in [-0.3, -0.25) is 0 Å². The molecule has 0 atom stereocenters. The fraction of sp³-hybridized carbons (Fsp3) is 0.261. The van der Waals surface area contributed by atoms with E-state index in [4.69, 9.17) is 14.2 Å². The molecule has 0 amide bonds. The van der Waals surface area contributed by atoms with E-state index in [0.29, 0.717) is 11.6 Å². The zero-order chi connectivity index (χ0) is 19.6. The highest BCUT2D eigenvalue weighted by atomic mass is 16.5. The van der Waals surface area contributed by atoms with Crippen molar-refractivity contribution in [3.63, 3.8) is 0 Å². The second kappa shape index (κ2) is 10.2. The summed E-state index contributed by atoms with van der Waals surface area (Å²) in [6.07, 6.45) is 5.10. The van der Waals surface area contributed by atoms with Crippen LogP contribution in [-0.2, 0) is 9.47 Å². The molecule has 0 spiro atoms. The molecule has 2 rings (SSSR count). The lowest BCUT2D eigenvalue weighted by atomic mass is 10.0. The maximum absolute atomic E-state index is 5.63. The number of ether oxygens (including phenoxy) is 3. The highest BCUT2D eigenvalue weighted by molar-refractivity contribution is 5.99. The predicted octanol–water partition coefficient (Wildman–Crippen LogP) is 5.76. The number of benzene rings is 2. The van der Waals surface area contributed by atoms with Crippen molar-refractivity contribution in [2.45, 2.75) is 20.3 Å². The third kappa shape index (κ3) is 5.48. The Morgan fingerprint density at radius 1 is 1.00 bits per heavy atom. The summed E-state index contributed by atoms with van der Waals surface area (Å²) in [5.41, 5.74) is 3.76. The van der Waals surface area contributed by atoms with Gasteiger partial charge in [-0.2, -0.15) is 0 Å². The van der Waals surface area contributed by atoms with E-state index in [1.54, 1.807) is 21.3 Å². The van der Waals surface area contributed by atoms with E-state index in [0.717, 1.165) is 34.6 Å². The minimum atomic E-state index is 0.509. The molecule has 27 heavy (non-hydrogen) atoms. The molecule has 0 unspecified atom stereocenters. The van der Waals surface area contributed by atoms with Crippen molar-refractivity contribution in [3.8, 4) is 5.75 Å². The van der Waals surface area contributed by atoms with Crippen LogP contribution in [0.1, 0.15) is 31.4 Å². The first-order valence-electron chi connectivity index (χ1n) is 8.91. The molecule has 0 saturated heterocycles. The van der Waals surface area contributed by atoms with Crippen LogP contribution < -0.4 is 4.74 Å². The molecule has 0 aliphatic heterocycles. The smallest absolute Gasteiger partial charge is 0.224 e. The normalized spacial score (nSPS) is 12.7. The summed E-state index contributed by atoms with van der Waals surface area (Å²) in [6, 6.07) is 15.7. The second-order valence-corrected chi connectivity index (χ2v) is 5.90. The fourth-order valence-electron chi connectivity index (χ4n) is 2.64. The van der Waals surface area contributed by atoms with Gasteiger partial charge in [0.05, 0.1) is 38.3 Å². The number of hydrogen-bond acceptors (Lipinski definition) is 4. The van der Waals surface area contributed by atoms with Gasteiger partial charge in [0.25, 0.3) is 0 Å². The molecular weight excluding hydrogens is 338 g/mol.